The minimum Gasteiger partial charge on any atom is -0.493 e. The number of amidine groups is 1. The largest absolute Gasteiger partial charge is 0.493 e. The first-order valence-corrected chi connectivity index (χ1v) is 10.1. The quantitative estimate of drug-likeness (QED) is 0.718. The molecule has 5 nitrogen and oxygen atoms in total. The number of halogens is 3. The van der Waals surface area contributed by atoms with Crippen molar-refractivity contribution >= 4 is 11.5 Å². The number of benzene rings is 1. The van der Waals surface area contributed by atoms with Gasteiger partial charge in [-0.3, -0.25) is 9.38 Å². The van der Waals surface area contributed by atoms with Crippen molar-refractivity contribution in [1.29, 1.82) is 0 Å². The van der Waals surface area contributed by atoms with Crippen molar-refractivity contribution in [3.63, 3.8) is 0 Å². The minimum absolute atomic E-state index is 0.299. The van der Waals surface area contributed by atoms with Crippen molar-refractivity contribution in [1.82, 2.24) is 0 Å². The summed E-state index contributed by atoms with van der Waals surface area (Å²) in [5.74, 6) is 1.06. The molecule has 0 amide bonds. The molecule has 29 heavy (non-hydrogen) atoms. The Balaban J connectivity index is 1.68. The zero-order valence-corrected chi connectivity index (χ0v) is 16.5. The summed E-state index contributed by atoms with van der Waals surface area (Å²) in [5, 5.41) is 0. The first-order chi connectivity index (χ1) is 13.9. The van der Waals surface area contributed by atoms with Crippen LogP contribution in [0.5, 0.6) is 5.75 Å². The van der Waals surface area contributed by atoms with Gasteiger partial charge in [0, 0.05) is 17.4 Å². The third-order valence-electron chi connectivity index (χ3n) is 6.44. The summed E-state index contributed by atoms with van der Waals surface area (Å²) in [6, 6.07) is 5.82. The van der Waals surface area contributed by atoms with Gasteiger partial charge in [0.05, 0.1) is 25.1 Å². The fraction of sp³-hybridized carbons (Fsp3) is 0.619. The van der Waals surface area contributed by atoms with Crippen molar-refractivity contribution in [3.8, 4) is 5.75 Å². The Hall–Kier alpha value is -2.09. The molecule has 0 radical (unpaired) electrons. The molecule has 1 aromatic carbocycles. The number of hydrogen-bond acceptors (Lipinski definition) is 5. The van der Waals surface area contributed by atoms with Crippen molar-refractivity contribution in [3.05, 3.63) is 29.3 Å². The highest BCUT2D eigenvalue weighted by molar-refractivity contribution is 6.41. The van der Waals surface area contributed by atoms with E-state index < -0.39 is 25.1 Å². The summed E-state index contributed by atoms with van der Waals surface area (Å²) in [7, 11) is 0. The Morgan fingerprint density at radius 3 is 2.62 bits per heavy atom. The van der Waals surface area contributed by atoms with Crippen molar-refractivity contribution < 1.29 is 22.6 Å². The molecule has 0 saturated heterocycles. The van der Waals surface area contributed by atoms with E-state index in [-0.39, 0.29) is 5.41 Å². The van der Waals surface area contributed by atoms with Crippen LogP contribution in [0.15, 0.2) is 28.2 Å². The highest BCUT2D eigenvalue weighted by Crippen LogP contribution is 2.62. The number of ether oxygens (including phenoxy) is 2. The van der Waals surface area contributed by atoms with E-state index >= 15 is 0 Å². The Kier molecular flexibility index (Phi) is 5.31. The zero-order chi connectivity index (χ0) is 20.6. The second-order valence-corrected chi connectivity index (χ2v) is 8.13. The fourth-order valence-electron chi connectivity index (χ4n) is 5.03. The predicted octanol–water partition coefficient (Wildman–Crippen LogP) is 4.13. The molecule has 0 aromatic heterocycles. The smallest absolute Gasteiger partial charge is 0.345 e. The highest BCUT2D eigenvalue weighted by Gasteiger charge is 2.60. The maximum atomic E-state index is 12.7. The maximum absolute atomic E-state index is 12.7. The van der Waals surface area contributed by atoms with Gasteiger partial charge in [-0.15, -0.1) is 0 Å². The van der Waals surface area contributed by atoms with Crippen LogP contribution in [0.1, 0.15) is 50.2 Å². The van der Waals surface area contributed by atoms with Gasteiger partial charge in [-0.1, -0.05) is 6.07 Å². The Bertz CT molecular complexity index is 814. The molecule has 1 fully saturated rings. The molecule has 4 rings (SSSR count). The molecule has 1 aliphatic heterocycles. The molecule has 2 aliphatic carbocycles. The van der Waals surface area contributed by atoms with Gasteiger partial charge in [-0.2, -0.15) is 8.78 Å². The number of alkyl halides is 3. The van der Waals surface area contributed by atoms with Crippen LogP contribution in [0.4, 0.5) is 13.2 Å². The zero-order valence-electron chi connectivity index (χ0n) is 16.5. The van der Waals surface area contributed by atoms with Crippen LogP contribution in [0, 0.1) is 5.41 Å². The van der Waals surface area contributed by atoms with E-state index in [0.29, 0.717) is 56.0 Å². The van der Waals surface area contributed by atoms with Crippen LogP contribution in [-0.4, -0.2) is 37.5 Å². The lowest BCUT2D eigenvalue weighted by atomic mass is 9.65. The summed E-state index contributed by atoms with van der Waals surface area (Å²) in [5.41, 5.74) is 7.71. The summed E-state index contributed by atoms with van der Waals surface area (Å²) < 4.78 is 48.2. The van der Waals surface area contributed by atoms with Gasteiger partial charge < -0.3 is 15.2 Å². The fourth-order valence-corrected chi connectivity index (χ4v) is 5.03. The summed E-state index contributed by atoms with van der Waals surface area (Å²) in [6.45, 7) is -1.04. The van der Waals surface area contributed by atoms with Gasteiger partial charge in [0.1, 0.15) is 11.6 Å². The molecule has 3 aliphatic rings. The number of rotatable bonds is 6. The number of aliphatic imine (C=N–C) groups is 2. The number of hydrogen-bond donors (Lipinski definition) is 1. The Morgan fingerprint density at radius 2 is 2.00 bits per heavy atom. The topological polar surface area (TPSA) is 69.2 Å². The molecule has 1 saturated carbocycles. The van der Waals surface area contributed by atoms with E-state index in [2.05, 4.69) is 0 Å². The molecule has 1 unspecified atom stereocenters. The lowest BCUT2D eigenvalue weighted by molar-refractivity contribution is -0.177. The molecule has 2 spiro atoms. The predicted molar refractivity (Wildman–Crippen MR) is 104 cm³/mol. The standard InChI is InChI=1S/C21H26F3N3O2/c1-13-18(25)27-21(26-13)17-11-16(28-10-2-9-22)4-3-14(17)12-20(21)7-5-15(6-8-20)29-19(23)24/h3-4,11,15,19H,2,5-10,12H2,1H3,(H2,25,27)/t15-,20-,21?. The van der Waals surface area contributed by atoms with Crippen molar-refractivity contribution in [2.24, 2.45) is 21.1 Å². The molecule has 1 aromatic rings. The lowest BCUT2D eigenvalue weighted by Gasteiger charge is -2.44. The van der Waals surface area contributed by atoms with Gasteiger partial charge in [0.15, 0.2) is 5.66 Å². The summed E-state index contributed by atoms with van der Waals surface area (Å²) in [4.78, 5) is 9.75. The maximum Gasteiger partial charge on any atom is 0.345 e. The monoisotopic (exact) mass is 409 g/mol. The van der Waals surface area contributed by atoms with Crippen LogP contribution in [0.2, 0.25) is 0 Å². The van der Waals surface area contributed by atoms with Crippen molar-refractivity contribution in [2.75, 3.05) is 13.3 Å². The second kappa shape index (κ2) is 7.63. The molecule has 8 heteroatoms. The van der Waals surface area contributed by atoms with Crippen LogP contribution in [0.25, 0.3) is 0 Å². The van der Waals surface area contributed by atoms with Gasteiger partial charge >= 0.3 is 6.61 Å². The molecule has 2 N–H and O–H groups in total. The summed E-state index contributed by atoms with van der Waals surface area (Å²) >= 11 is 0. The van der Waals surface area contributed by atoms with Crippen LogP contribution < -0.4 is 10.5 Å². The van der Waals surface area contributed by atoms with Crippen LogP contribution in [0.3, 0.4) is 0 Å². The normalized spacial score (nSPS) is 30.7. The van der Waals surface area contributed by atoms with E-state index in [0.717, 1.165) is 17.5 Å². The summed E-state index contributed by atoms with van der Waals surface area (Å²) in [6.07, 6.45) is 3.04. The average molecular weight is 409 g/mol. The minimum atomic E-state index is -2.76. The van der Waals surface area contributed by atoms with Crippen LogP contribution >= 0.6 is 0 Å². The number of nitrogens with two attached hydrogens (primary N) is 1. The number of nitrogens with zero attached hydrogens (tertiary/aromatic N) is 2. The Labute approximate surface area is 168 Å². The molecule has 158 valence electrons. The van der Waals surface area contributed by atoms with E-state index in [9.17, 15) is 13.2 Å². The van der Waals surface area contributed by atoms with Crippen LogP contribution in [-0.2, 0) is 16.8 Å². The van der Waals surface area contributed by atoms with Gasteiger partial charge in [-0.25, -0.2) is 4.99 Å². The Morgan fingerprint density at radius 1 is 1.24 bits per heavy atom. The van der Waals surface area contributed by atoms with E-state index in [1.807, 2.05) is 25.1 Å². The molecule has 0 bridgehead atoms. The third-order valence-corrected chi connectivity index (χ3v) is 6.44. The molecular weight excluding hydrogens is 383 g/mol. The average Bonchev–Trinajstić information content (AvgIpc) is 3.12. The van der Waals surface area contributed by atoms with Gasteiger partial charge in [-0.05, 0) is 56.7 Å². The van der Waals surface area contributed by atoms with Crippen molar-refractivity contribution in [2.45, 2.75) is 63.8 Å². The molecule has 1 atom stereocenters. The third kappa shape index (κ3) is 3.41. The lowest BCUT2D eigenvalue weighted by Crippen LogP contribution is -2.43. The van der Waals surface area contributed by atoms with Gasteiger partial charge in [0.2, 0.25) is 0 Å². The van der Waals surface area contributed by atoms with E-state index in [1.54, 1.807) is 0 Å². The second-order valence-electron chi connectivity index (χ2n) is 8.13. The molecule has 1 heterocycles. The first-order valence-electron chi connectivity index (χ1n) is 10.1. The number of fused-ring (bicyclic) bond motifs is 3. The SMILES string of the molecule is CC1=NC2(N=C1N)c1cc(OCCCF)ccc1C[C@]21CC[C@@H](OC(F)F)CC1. The van der Waals surface area contributed by atoms with Gasteiger partial charge in [0.25, 0.3) is 0 Å². The first kappa shape index (κ1) is 20.2. The molecular formula is C21H26F3N3O2. The van der Waals surface area contributed by atoms with E-state index in [1.165, 1.54) is 0 Å². The van der Waals surface area contributed by atoms with E-state index in [4.69, 9.17) is 25.2 Å². The highest BCUT2D eigenvalue weighted by atomic mass is 19.3.